The second kappa shape index (κ2) is 16.3. The number of rotatable bonds is 21. The third-order valence-corrected chi connectivity index (χ3v) is 6.36. The van der Waals surface area contributed by atoms with E-state index >= 15 is 0 Å². The Bertz CT molecular complexity index is 576. The Labute approximate surface area is 182 Å². The highest BCUT2D eigenvalue weighted by molar-refractivity contribution is 7.86. The third-order valence-electron chi connectivity index (χ3n) is 4.75. The van der Waals surface area contributed by atoms with Crippen LogP contribution in [0.2, 0.25) is 0 Å². The summed E-state index contributed by atoms with van der Waals surface area (Å²) in [5, 5.41) is 0. The zero-order valence-corrected chi connectivity index (χ0v) is 20.0. The highest BCUT2D eigenvalue weighted by Gasteiger charge is 2.30. The fourth-order valence-electron chi connectivity index (χ4n) is 2.79. The molecule has 11 heteroatoms. The van der Waals surface area contributed by atoms with Crippen LogP contribution in [0.4, 0.5) is 0 Å². The van der Waals surface area contributed by atoms with Crippen LogP contribution in [0.25, 0.3) is 0 Å². The van der Waals surface area contributed by atoms with E-state index in [9.17, 15) is 16.8 Å². The van der Waals surface area contributed by atoms with Gasteiger partial charge in [0, 0.05) is 25.2 Å². The quantitative estimate of drug-likeness (QED) is 0.189. The minimum atomic E-state index is -4.00. The Balaban J connectivity index is 4.49. The van der Waals surface area contributed by atoms with Crippen LogP contribution in [0.5, 0.6) is 0 Å². The van der Waals surface area contributed by atoms with E-state index in [2.05, 4.69) is 6.92 Å². The van der Waals surface area contributed by atoms with Gasteiger partial charge in [-0.3, -0.25) is 9.11 Å². The van der Waals surface area contributed by atoms with Crippen molar-refractivity contribution in [2.24, 2.45) is 5.41 Å². The lowest BCUT2D eigenvalue weighted by atomic mass is 9.88. The maximum atomic E-state index is 10.8. The Hall–Kier alpha value is -0.300. The van der Waals surface area contributed by atoms with Crippen LogP contribution in [-0.2, 0) is 34.4 Å². The first kappa shape index (κ1) is 29.7. The molecule has 0 rings (SSSR count). The summed E-state index contributed by atoms with van der Waals surface area (Å²) in [5.41, 5.74) is -0.445. The molecule has 0 aliphatic rings. The normalized spacial score (nSPS) is 13.1. The summed E-state index contributed by atoms with van der Waals surface area (Å²) < 4.78 is 77.9. The number of ether oxygens (including phenoxy) is 3. The molecule has 0 aromatic heterocycles. The molecule has 0 heterocycles. The second-order valence-corrected chi connectivity index (χ2v) is 10.8. The van der Waals surface area contributed by atoms with Crippen LogP contribution in [0.15, 0.2) is 0 Å². The van der Waals surface area contributed by atoms with Gasteiger partial charge in [-0.25, -0.2) is 0 Å². The summed E-state index contributed by atoms with van der Waals surface area (Å²) in [7, 11) is -8.01. The van der Waals surface area contributed by atoms with Crippen LogP contribution < -0.4 is 0 Å². The summed E-state index contributed by atoms with van der Waals surface area (Å²) in [4.78, 5) is 0. The van der Waals surface area contributed by atoms with Crippen molar-refractivity contribution >= 4 is 20.2 Å². The average molecular weight is 477 g/mol. The van der Waals surface area contributed by atoms with E-state index in [1.54, 1.807) is 0 Å². The lowest BCUT2D eigenvalue weighted by molar-refractivity contribution is -0.0717. The van der Waals surface area contributed by atoms with E-state index in [1.165, 1.54) is 19.3 Å². The van der Waals surface area contributed by atoms with Crippen LogP contribution in [0.1, 0.15) is 65.2 Å². The minimum Gasteiger partial charge on any atom is -0.381 e. The fourth-order valence-corrected chi connectivity index (χ4v) is 3.76. The summed E-state index contributed by atoms with van der Waals surface area (Å²) in [6.07, 6.45) is 6.75. The molecular formula is C19H40O9S2. The van der Waals surface area contributed by atoms with E-state index in [-0.39, 0.29) is 37.6 Å². The van der Waals surface area contributed by atoms with Gasteiger partial charge < -0.3 is 14.2 Å². The van der Waals surface area contributed by atoms with E-state index in [0.29, 0.717) is 32.8 Å². The summed E-state index contributed by atoms with van der Waals surface area (Å²) in [6.45, 7) is 6.14. The van der Waals surface area contributed by atoms with E-state index in [4.69, 9.17) is 23.3 Å². The van der Waals surface area contributed by atoms with E-state index in [1.807, 2.05) is 6.92 Å². The number of hydrogen-bond donors (Lipinski definition) is 2. The Morgan fingerprint density at radius 1 is 0.633 bits per heavy atom. The van der Waals surface area contributed by atoms with E-state index in [0.717, 1.165) is 12.8 Å². The first-order valence-corrected chi connectivity index (χ1v) is 13.9. The molecule has 0 radical (unpaired) electrons. The molecule has 0 unspecified atom stereocenters. The topological polar surface area (TPSA) is 136 Å². The molecule has 0 aromatic rings. The van der Waals surface area contributed by atoms with Crippen LogP contribution >= 0.6 is 0 Å². The van der Waals surface area contributed by atoms with Gasteiger partial charge in [0.1, 0.15) is 0 Å². The average Bonchev–Trinajstić information content (AvgIpc) is 2.64. The predicted octanol–water partition coefficient (Wildman–Crippen LogP) is 2.96. The van der Waals surface area contributed by atoms with Crippen molar-refractivity contribution in [3.63, 3.8) is 0 Å². The summed E-state index contributed by atoms with van der Waals surface area (Å²) in [5.74, 6) is -0.709. The second-order valence-electron chi connectivity index (χ2n) is 7.70. The van der Waals surface area contributed by atoms with Crippen LogP contribution in [-0.4, -0.2) is 77.1 Å². The van der Waals surface area contributed by atoms with Gasteiger partial charge >= 0.3 is 0 Å². The highest BCUT2D eigenvalue weighted by atomic mass is 32.2. The molecule has 182 valence electrons. The van der Waals surface area contributed by atoms with Gasteiger partial charge in [0.2, 0.25) is 0 Å². The van der Waals surface area contributed by atoms with Gasteiger partial charge in [0.25, 0.3) is 20.2 Å². The minimum absolute atomic E-state index is 0.182. The van der Waals surface area contributed by atoms with Crippen molar-refractivity contribution in [2.45, 2.75) is 65.2 Å². The smallest absolute Gasteiger partial charge is 0.264 e. The van der Waals surface area contributed by atoms with Crippen molar-refractivity contribution in [3.8, 4) is 0 Å². The molecule has 0 aliphatic carbocycles. The lowest BCUT2D eigenvalue weighted by Gasteiger charge is -2.32. The first-order chi connectivity index (χ1) is 14.0. The maximum Gasteiger partial charge on any atom is 0.264 e. The van der Waals surface area contributed by atoms with Gasteiger partial charge in [-0.1, -0.05) is 39.5 Å². The van der Waals surface area contributed by atoms with Crippen molar-refractivity contribution < 1.29 is 40.2 Å². The lowest BCUT2D eigenvalue weighted by Crippen LogP contribution is -2.37. The molecular weight excluding hydrogens is 436 g/mol. The first-order valence-electron chi connectivity index (χ1n) is 10.7. The predicted molar refractivity (Wildman–Crippen MR) is 116 cm³/mol. The molecule has 2 N–H and O–H groups in total. The third kappa shape index (κ3) is 18.5. The van der Waals surface area contributed by atoms with Crippen LogP contribution in [0, 0.1) is 5.41 Å². The summed E-state index contributed by atoms with van der Waals surface area (Å²) in [6, 6.07) is 0. The SMILES string of the molecule is CCCCCCCOCC(CC)(COCCCS(=O)(=O)O)COCCCS(=O)(=O)O. The molecule has 0 aromatic carbocycles. The zero-order chi connectivity index (χ0) is 22.9. The number of hydrogen-bond acceptors (Lipinski definition) is 7. The van der Waals surface area contributed by atoms with Crippen LogP contribution in [0.3, 0.4) is 0 Å². The fraction of sp³-hybridized carbons (Fsp3) is 1.00. The Morgan fingerprint density at radius 3 is 1.40 bits per heavy atom. The number of unbranched alkanes of at least 4 members (excludes halogenated alkanes) is 4. The van der Waals surface area contributed by atoms with Crippen molar-refractivity contribution in [2.75, 3.05) is 51.1 Å². The van der Waals surface area contributed by atoms with Gasteiger partial charge in [0.15, 0.2) is 0 Å². The van der Waals surface area contributed by atoms with E-state index < -0.39 is 25.7 Å². The molecule has 30 heavy (non-hydrogen) atoms. The summed E-state index contributed by atoms with van der Waals surface area (Å²) >= 11 is 0. The molecule has 0 bridgehead atoms. The van der Waals surface area contributed by atoms with Gasteiger partial charge in [-0.15, -0.1) is 0 Å². The largest absolute Gasteiger partial charge is 0.381 e. The maximum absolute atomic E-state index is 10.8. The molecule has 9 nitrogen and oxygen atoms in total. The Kier molecular flexibility index (Phi) is 16.2. The van der Waals surface area contributed by atoms with Gasteiger partial charge in [0.05, 0.1) is 31.3 Å². The molecule has 0 fully saturated rings. The van der Waals surface area contributed by atoms with Gasteiger partial charge in [-0.05, 0) is 25.7 Å². The molecule has 0 amide bonds. The molecule has 0 saturated carbocycles. The molecule has 0 spiro atoms. The monoisotopic (exact) mass is 476 g/mol. The van der Waals surface area contributed by atoms with Crippen molar-refractivity contribution in [3.05, 3.63) is 0 Å². The molecule has 0 atom stereocenters. The van der Waals surface area contributed by atoms with Gasteiger partial charge in [-0.2, -0.15) is 16.8 Å². The Morgan fingerprint density at radius 2 is 1.03 bits per heavy atom. The zero-order valence-electron chi connectivity index (χ0n) is 18.4. The molecule has 0 aliphatic heterocycles. The highest BCUT2D eigenvalue weighted by Crippen LogP contribution is 2.24. The standard InChI is InChI=1S/C19H40O9S2/c1-3-5-6-7-8-11-26-16-19(4-2,17-27-12-9-14-29(20,21)22)18-28-13-10-15-30(23,24)25/h3-18H2,1-2H3,(H,20,21,22)(H,23,24,25). The van der Waals surface area contributed by atoms with Crippen molar-refractivity contribution in [1.29, 1.82) is 0 Å². The molecule has 0 saturated heterocycles. The van der Waals surface area contributed by atoms with Crippen molar-refractivity contribution in [1.82, 2.24) is 0 Å².